The van der Waals surface area contributed by atoms with Gasteiger partial charge in [0.15, 0.2) is 0 Å². The first-order valence-corrected chi connectivity index (χ1v) is 12.6. The zero-order valence-electron chi connectivity index (χ0n) is 13.6. The van der Waals surface area contributed by atoms with Crippen LogP contribution in [0, 0.1) is 11.6 Å². The molecule has 0 bridgehead atoms. The summed E-state index contributed by atoms with van der Waals surface area (Å²) in [4.78, 5) is 28.6. The topological polar surface area (TPSA) is 72.2 Å². The zero-order chi connectivity index (χ0) is 18.1. The third-order valence-corrected chi connectivity index (χ3v) is 5.92. The Morgan fingerprint density at radius 2 is 1.84 bits per heavy atom. The minimum absolute atomic E-state index is 0.0214. The minimum atomic E-state index is -0.845. The number of allylic oxidation sites excluding steroid dienone is 2. The van der Waals surface area contributed by atoms with Crippen molar-refractivity contribution in [1.29, 1.82) is 0 Å². The van der Waals surface area contributed by atoms with Gasteiger partial charge in [-0.05, 0) is 0 Å². The average Bonchev–Trinajstić information content (AvgIpc) is 2.97. The van der Waals surface area contributed by atoms with Crippen molar-refractivity contribution in [2.75, 3.05) is 6.54 Å². The van der Waals surface area contributed by atoms with Crippen LogP contribution in [0.4, 0.5) is 8.78 Å². The number of ketones is 2. The van der Waals surface area contributed by atoms with Crippen LogP contribution in [-0.4, -0.2) is 37.7 Å². The average molecular weight is 408 g/mol. The fourth-order valence-electron chi connectivity index (χ4n) is 2.38. The molecule has 3 rings (SSSR count). The van der Waals surface area contributed by atoms with Gasteiger partial charge in [0, 0.05) is 0 Å². The molecule has 1 aromatic carbocycles. The molecule has 0 spiro atoms. The Balaban J connectivity index is 1.89. The maximum atomic E-state index is 13.4. The summed E-state index contributed by atoms with van der Waals surface area (Å²) in [6.07, 6.45) is 1.18. The van der Waals surface area contributed by atoms with Gasteiger partial charge in [-0.15, -0.1) is 0 Å². The molecular formula is C17H15AsF2N2O3. The molecule has 1 aromatic heterocycles. The van der Waals surface area contributed by atoms with Crippen molar-refractivity contribution in [3.8, 4) is 11.5 Å². The number of hydrogen-bond acceptors (Lipinski definition) is 5. The number of hydrogen-bond donors (Lipinski definition) is 1. The summed E-state index contributed by atoms with van der Waals surface area (Å²) in [5, 5.41) is 3.94. The summed E-state index contributed by atoms with van der Waals surface area (Å²) in [5.74, 6) is -2.96. The van der Waals surface area contributed by atoms with Crippen LogP contribution >= 0.6 is 0 Å². The number of halogens is 2. The predicted molar refractivity (Wildman–Crippen MR) is 88.9 cm³/mol. The number of aromatic nitrogens is 1. The van der Waals surface area contributed by atoms with E-state index in [9.17, 15) is 18.4 Å². The quantitative estimate of drug-likeness (QED) is 0.770. The standard InChI is InChI=1S/C17H15AsF2N2O3/c1-18(2)3-4-21-12-8-13(23)16-14(15(12)24)22-17(25-16)9-5-10(19)7-11(20)6-9/h5-8,21H,3-4H2,1-2H3. The number of nitrogens with zero attached hydrogens (tertiary/aromatic N) is 1. The van der Waals surface area contributed by atoms with Crippen molar-refractivity contribution in [1.82, 2.24) is 10.3 Å². The SMILES string of the molecule is C[As](C)CCNC1=CC(=O)c2oc(-c3cc(F)cc(F)c3)nc2C1=O. The number of fused-ring (bicyclic) bond motifs is 1. The van der Waals surface area contributed by atoms with Crippen molar-refractivity contribution in [2.24, 2.45) is 0 Å². The number of carbonyl (C=O) groups excluding carboxylic acids is 2. The molecule has 0 amide bonds. The van der Waals surface area contributed by atoms with Crippen LogP contribution in [0.2, 0.25) is 16.6 Å². The van der Waals surface area contributed by atoms with E-state index < -0.39 is 37.9 Å². The number of carbonyl (C=O) groups is 2. The molecule has 0 atom stereocenters. The van der Waals surface area contributed by atoms with Crippen molar-refractivity contribution >= 4 is 26.2 Å². The second-order valence-corrected chi connectivity index (χ2v) is 11.3. The molecule has 1 N–H and O–H groups in total. The molecule has 2 aromatic rings. The summed E-state index contributed by atoms with van der Waals surface area (Å²) >= 11 is -0.845. The van der Waals surface area contributed by atoms with E-state index in [1.807, 2.05) is 0 Å². The van der Waals surface area contributed by atoms with Crippen LogP contribution in [0.3, 0.4) is 0 Å². The van der Waals surface area contributed by atoms with Crippen LogP contribution in [0.5, 0.6) is 0 Å². The van der Waals surface area contributed by atoms with Gasteiger partial charge in [0.05, 0.1) is 0 Å². The van der Waals surface area contributed by atoms with Crippen LogP contribution in [0.15, 0.2) is 34.4 Å². The normalized spacial score (nSPS) is 13.9. The van der Waals surface area contributed by atoms with E-state index in [0.29, 0.717) is 12.6 Å². The van der Waals surface area contributed by atoms with E-state index >= 15 is 0 Å². The Bertz CT molecular complexity index is 870. The molecule has 130 valence electrons. The molecule has 1 aliphatic carbocycles. The summed E-state index contributed by atoms with van der Waals surface area (Å²) in [6.45, 7) is 0.604. The van der Waals surface area contributed by atoms with Gasteiger partial charge in [-0.3, -0.25) is 0 Å². The third kappa shape index (κ3) is 3.71. The van der Waals surface area contributed by atoms with E-state index in [-0.39, 0.29) is 28.6 Å². The molecule has 1 aliphatic rings. The van der Waals surface area contributed by atoms with E-state index in [0.717, 1.165) is 17.3 Å². The summed E-state index contributed by atoms with van der Waals surface area (Å²) in [5.41, 5.74) is 4.43. The number of oxazole rings is 1. The number of nitrogens with one attached hydrogen (secondary N) is 1. The van der Waals surface area contributed by atoms with Gasteiger partial charge in [-0.2, -0.15) is 0 Å². The fraction of sp³-hybridized carbons (Fsp3) is 0.235. The molecule has 5 nitrogen and oxygen atoms in total. The van der Waals surface area contributed by atoms with E-state index in [2.05, 4.69) is 21.7 Å². The Kier molecular flexibility index (Phi) is 4.86. The first kappa shape index (κ1) is 17.5. The molecule has 8 heteroatoms. The van der Waals surface area contributed by atoms with Gasteiger partial charge in [-0.25, -0.2) is 0 Å². The second kappa shape index (κ2) is 6.92. The molecule has 0 saturated carbocycles. The molecule has 0 saturated heterocycles. The monoisotopic (exact) mass is 408 g/mol. The number of Topliss-reactive ketones (excluding diaryl/α,β-unsaturated/α-hetero) is 1. The van der Waals surface area contributed by atoms with Gasteiger partial charge in [0.25, 0.3) is 0 Å². The summed E-state index contributed by atoms with van der Waals surface area (Å²) in [7, 11) is 0. The van der Waals surface area contributed by atoms with Gasteiger partial charge in [-0.1, -0.05) is 0 Å². The molecular weight excluding hydrogens is 393 g/mol. The first-order valence-electron chi connectivity index (χ1n) is 7.52. The van der Waals surface area contributed by atoms with Crippen molar-refractivity contribution < 1.29 is 22.8 Å². The van der Waals surface area contributed by atoms with Gasteiger partial charge < -0.3 is 0 Å². The molecule has 0 unspecified atom stereocenters. The summed E-state index contributed by atoms with van der Waals surface area (Å²) < 4.78 is 32.0. The number of benzene rings is 1. The van der Waals surface area contributed by atoms with Gasteiger partial charge in [0.2, 0.25) is 0 Å². The zero-order valence-corrected chi connectivity index (χ0v) is 15.5. The van der Waals surface area contributed by atoms with Crippen molar-refractivity contribution in [3.05, 3.63) is 53.1 Å². The van der Waals surface area contributed by atoms with Crippen LogP contribution in [0.25, 0.3) is 11.5 Å². The van der Waals surface area contributed by atoms with Crippen molar-refractivity contribution in [2.45, 2.75) is 16.6 Å². The van der Waals surface area contributed by atoms with Gasteiger partial charge >= 0.3 is 147 Å². The van der Waals surface area contributed by atoms with Crippen molar-refractivity contribution in [3.63, 3.8) is 0 Å². The predicted octanol–water partition coefficient (Wildman–Crippen LogP) is 3.23. The second-order valence-electron chi connectivity index (χ2n) is 5.84. The summed E-state index contributed by atoms with van der Waals surface area (Å²) in [6, 6.07) is 2.76. The molecule has 0 aliphatic heterocycles. The maximum absolute atomic E-state index is 13.4. The van der Waals surface area contributed by atoms with Gasteiger partial charge in [0.1, 0.15) is 0 Å². The first-order chi connectivity index (χ1) is 11.8. The third-order valence-electron chi connectivity index (χ3n) is 3.57. The van der Waals surface area contributed by atoms with E-state index in [1.165, 1.54) is 6.08 Å². The number of rotatable bonds is 5. The van der Waals surface area contributed by atoms with E-state index in [1.54, 1.807) is 0 Å². The molecule has 0 radical (unpaired) electrons. The Morgan fingerprint density at radius 3 is 2.48 bits per heavy atom. The van der Waals surface area contributed by atoms with Crippen LogP contribution in [0.1, 0.15) is 21.0 Å². The molecule has 1 heterocycles. The Hall–Kier alpha value is -2.27. The van der Waals surface area contributed by atoms with E-state index in [4.69, 9.17) is 4.42 Å². The Morgan fingerprint density at radius 1 is 1.16 bits per heavy atom. The van der Waals surface area contributed by atoms with Crippen LogP contribution in [-0.2, 0) is 0 Å². The Labute approximate surface area is 147 Å². The fourth-order valence-corrected chi connectivity index (χ4v) is 3.55. The molecule has 0 fully saturated rings. The van der Waals surface area contributed by atoms with Crippen LogP contribution < -0.4 is 5.32 Å². The molecule has 25 heavy (non-hydrogen) atoms.